The maximum Gasteiger partial charge on any atom is 0.0115 e. The van der Waals surface area contributed by atoms with E-state index in [1.54, 1.807) is 5.54 Å². The Bertz CT molecular complexity index is 126. The second-order valence-corrected chi connectivity index (χ2v) is 1.55. The minimum Gasteiger partial charge on any atom is -0.0923 e. The fraction of sp³-hybridized carbons (Fsp3) is 0. The third-order valence-electron chi connectivity index (χ3n) is 0.814. The Balaban J connectivity index is 2.79. The van der Waals surface area contributed by atoms with Gasteiger partial charge in [0.25, 0.3) is 0 Å². The summed E-state index contributed by atoms with van der Waals surface area (Å²) in [6.07, 6.45) is 7.81. The third kappa shape index (κ3) is 0.937. The maximum atomic E-state index is 5.34. The van der Waals surface area contributed by atoms with Crippen LogP contribution in [-0.4, -0.2) is 0 Å². The fourth-order valence-corrected chi connectivity index (χ4v) is 0.607. The van der Waals surface area contributed by atoms with Crippen LogP contribution >= 0.6 is 11.6 Å². The van der Waals surface area contributed by atoms with E-state index in [-0.39, 0.29) is 0 Å². The number of rotatable bonds is 0. The van der Waals surface area contributed by atoms with E-state index in [1.807, 2.05) is 24.3 Å². The summed E-state index contributed by atoms with van der Waals surface area (Å²) in [5.74, 6) is 0. The first-order chi connectivity index (χ1) is 3.43. The SMILES string of the molecule is ClC=C1C=CC=C1. The van der Waals surface area contributed by atoms with Crippen molar-refractivity contribution in [3.05, 3.63) is 35.4 Å². The largest absolute Gasteiger partial charge is 0.0923 e. The molecule has 0 nitrogen and oxygen atoms in total. The number of allylic oxidation sites excluding steroid dienone is 5. The summed E-state index contributed by atoms with van der Waals surface area (Å²) in [6, 6.07) is 0. The van der Waals surface area contributed by atoms with Crippen molar-refractivity contribution in [1.82, 2.24) is 0 Å². The number of hydrogen-bond donors (Lipinski definition) is 0. The van der Waals surface area contributed by atoms with Crippen LogP contribution in [0.25, 0.3) is 0 Å². The molecule has 0 heterocycles. The van der Waals surface area contributed by atoms with E-state index >= 15 is 0 Å². The molecule has 0 atom stereocenters. The predicted molar refractivity (Wildman–Crippen MR) is 32.2 cm³/mol. The highest BCUT2D eigenvalue weighted by Gasteiger charge is 1.85. The Morgan fingerprint density at radius 3 is 2.14 bits per heavy atom. The van der Waals surface area contributed by atoms with Gasteiger partial charge >= 0.3 is 0 Å². The lowest BCUT2D eigenvalue weighted by Gasteiger charge is -1.76. The molecule has 7 heavy (non-hydrogen) atoms. The van der Waals surface area contributed by atoms with Crippen molar-refractivity contribution in [3.63, 3.8) is 0 Å². The van der Waals surface area contributed by atoms with Crippen LogP contribution in [0.15, 0.2) is 35.4 Å². The molecule has 0 N–H and O–H groups in total. The van der Waals surface area contributed by atoms with Gasteiger partial charge in [0.15, 0.2) is 0 Å². The van der Waals surface area contributed by atoms with Gasteiger partial charge in [-0.25, -0.2) is 0 Å². The summed E-state index contributed by atoms with van der Waals surface area (Å²) in [5, 5.41) is 0. The summed E-state index contributed by atoms with van der Waals surface area (Å²) in [5.41, 5.74) is 2.63. The van der Waals surface area contributed by atoms with Crippen LogP contribution in [0.4, 0.5) is 0 Å². The molecule has 0 radical (unpaired) electrons. The molecule has 0 spiro atoms. The second-order valence-electron chi connectivity index (χ2n) is 1.33. The van der Waals surface area contributed by atoms with Crippen LogP contribution in [0.1, 0.15) is 0 Å². The summed E-state index contributed by atoms with van der Waals surface area (Å²) in [7, 11) is 0. The highest BCUT2D eigenvalue weighted by molar-refractivity contribution is 6.26. The van der Waals surface area contributed by atoms with E-state index in [4.69, 9.17) is 11.6 Å². The molecule has 0 saturated carbocycles. The van der Waals surface area contributed by atoms with Gasteiger partial charge in [-0.3, -0.25) is 0 Å². The van der Waals surface area contributed by atoms with Crippen LogP contribution in [0.3, 0.4) is 0 Å². The lowest BCUT2D eigenvalue weighted by Crippen LogP contribution is -1.55. The number of halogens is 1. The zero-order valence-corrected chi connectivity index (χ0v) is 4.52. The second kappa shape index (κ2) is 1.99. The van der Waals surface area contributed by atoms with Gasteiger partial charge in [-0.1, -0.05) is 35.9 Å². The standard InChI is InChI=1S/C6H5Cl/c7-5-6-3-1-2-4-6/h1-5H. The molecule has 0 fully saturated rings. The molecule has 0 amide bonds. The van der Waals surface area contributed by atoms with Crippen molar-refractivity contribution in [2.75, 3.05) is 0 Å². The molecule has 1 rings (SSSR count). The molecule has 1 aliphatic rings. The predicted octanol–water partition coefficient (Wildman–Crippen LogP) is 2.24. The van der Waals surface area contributed by atoms with E-state index in [2.05, 4.69) is 0 Å². The van der Waals surface area contributed by atoms with E-state index in [1.165, 1.54) is 0 Å². The van der Waals surface area contributed by atoms with Gasteiger partial charge in [-0.15, -0.1) is 0 Å². The molecule has 36 valence electrons. The van der Waals surface area contributed by atoms with Crippen LogP contribution in [0, 0.1) is 0 Å². The van der Waals surface area contributed by atoms with Crippen molar-refractivity contribution < 1.29 is 0 Å². The first kappa shape index (κ1) is 4.66. The first-order valence-electron chi connectivity index (χ1n) is 2.08. The Morgan fingerprint density at radius 2 is 1.86 bits per heavy atom. The summed E-state index contributed by atoms with van der Waals surface area (Å²) >= 11 is 5.34. The zero-order chi connectivity index (χ0) is 5.11. The lowest BCUT2D eigenvalue weighted by molar-refractivity contribution is 1.83. The van der Waals surface area contributed by atoms with Gasteiger partial charge in [0.05, 0.1) is 0 Å². The zero-order valence-electron chi connectivity index (χ0n) is 3.76. The average Bonchev–Trinajstić information content (AvgIpc) is 2.14. The Kier molecular flexibility index (Phi) is 1.32. The topological polar surface area (TPSA) is 0 Å². The molecular formula is C6H5Cl. The molecule has 0 aromatic rings. The average molecular weight is 113 g/mol. The highest BCUT2D eigenvalue weighted by Crippen LogP contribution is 2.06. The molecular weight excluding hydrogens is 108 g/mol. The molecule has 1 aliphatic carbocycles. The van der Waals surface area contributed by atoms with Crippen LogP contribution < -0.4 is 0 Å². The van der Waals surface area contributed by atoms with Crippen LogP contribution in [-0.2, 0) is 0 Å². The van der Waals surface area contributed by atoms with E-state index in [0.717, 1.165) is 5.57 Å². The van der Waals surface area contributed by atoms with Crippen LogP contribution in [0.5, 0.6) is 0 Å². The quantitative estimate of drug-likeness (QED) is 0.451. The first-order valence-corrected chi connectivity index (χ1v) is 2.52. The highest BCUT2D eigenvalue weighted by atomic mass is 35.5. The maximum absolute atomic E-state index is 5.34. The molecule has 0 aliphatic heterocycles. The minimum atomic E-state index is 1.07. The molecule has 0 unspecified atom stereocenters. The summed E-state index contributed by atoms with van der Waals surface area (Å²) in [6.45, 7) is 0. The Hall–Kier alpha value is -0.490. The molecule has 0 aromatic carbocycles. The third-order valence-corrected chi connectivity index (χ3v) is 1.07. The molecule has 0 bridgehead atoms. The Morgan fingerprint density at radius 1 is 1.29 bits per heavy atom. The molecule has 0 aromatic heterocycles. The van der Waals surface area contributed by atoms with Gasteiger partial charge in [0.1, 0.15) is 0 Å². The number of hydrogen-bond acceptors (Lipinski definition) is 0. The van der Waals surface area contributed by atoms with Crippen molar-refractivity contribution in [1.29, 1.82) is 0 Å². The normalized spacial score (nSPS) is 15.9. The summed E-state index contributed by atoms with van der Waals surface area (Å²) in [4.78, 5) is 0. The molecule has 1 heteroatoms. The van der Waals surface area contributed by atoms with Gasteiger partial charge in [-0.05, 0) is 5.57 Å². The summed E-state index contributed by atoms with van der Waals surface area (Å²) < 4.78 is 0. The molecule has 0 saturated heterocycles. The van der Waals surface area contributed by atoms with Crippen molar-refractivity contribution >= 4 is 11.6 Å². The van der Waals surface area contributed by atoms with E-state index < -0.39 is 0 Å². The van der Waals surface area contributed by atoms with E-state index in [0.29, 0.717) is 0 Å². The lowest BCUT2D eigenvalue weighted by atomic mass is 10.3. The van der Waals surface area contributed by atoms with Gasteiger partial charge in [-0.2, -0.15) is 0 Å². The van der Waals surface area contributed by atoms with E-state index in [9.17, 15) is 0 Å². The van der Waals surface area contributed by atoms with Crippen molar-refractivity contribution in [2.45, 2.75) is 0 Å². The van der Waals surface area contributed by atoms with Crippen molar-refractivity contribution in [3.8, 4) is 0 Å². The van der Waals surface area contributed by atoms with Gasteiger partial charge in [0.2, 0.25) is 0 Å². The Labute approximate surface area is 47.8 Å². The van der Waals surface area contributed by atoms with Gasteiger partial charge < -0.3 is 0 Å². The fourth-order valence-electron chi connectivity index (χ4n) is 0.462. The monoisotopic (exact) mass is 112 g/mol. The van der Waals surface area contributed by atoms with Crippen LogP contribution in [0.2, 0.25) is 0 Å². The van der Waals surface area contributed by atoms with Gasteiger partial charge in [0, 0.05) is 5.54 Å². The smallest absolute Gasteiger partial charge is 0.0115 e. The van der Waals surface area contributed by atoms with Crippen molar-refractivity contribution in [2.24, 2.45) is 0 Å². The minimum absolute atomic E-state index is 1.07.